The van der Waals surface area contributed by atoms with Gasteiger partial charge >= 0.3 is 12.0 Å². The maximum atomic E-state index is 14.1. The van der Waals surface area contributed by atoms with Crippen LogP contribution in [0.4, 0.5) is 10.2 Å². The van der Waals surface area contributed by atoms with Crippen molar-refractivity contribution in [2.75, 3.05) is 12.3 Å². The average molecular weight is 548 g/mol. The molecule has 38 heavy (non-hydrogen) atoms. The summed E-state index contributed by atoms with van der Waals surface area (Å²) in [7, 11) is -2.14. The zero-order chi connectivity index (χ0) is 27.7. The minimum absolute atomic E-state index is 0.00244. The van der Waals surface area contributed by atoms with Gasteiger partial charge in [0.2, 0.25) is 0 Å². The summed E-state index contributed by atoms with van der Waals surface area (Å²) in [6.45, 7) is 15.2. The van der Waals surface area contributed by atoms with E-state index < -0.39 is 31.8 Å². The van der Waals surface area contributed by atoms with Crippen molar-refractivity contribution >= 4 is 31.3 Å². The molecule has 210 valence electrons. The van der Waals surface area contributed by atoms with Crippen molar-refractivity contribution in [3.05, 3.63) is 12.4 Å². The molecule has 2 aromatic heterocycles. The fourth-order valence-electron chi connectivity index (χ4n) is 6.18. The highest BCUT2D eigenvalue weighted by Crippen LogP contribution is 2.60. The number of nitrogens with zero attached hydrogens (tertiary/aromatic N) is 4. The number of carbonyl (C=O) groups is 1. The Kier molecular flexibility index (Phi) is 6.47. The Balaban J connectivity index is 1.46. The minimum atomic E-state index is -2.14. The van der Waals surface area contributed by atoms with Crippen LogP contribution in [0.1, 0.15) is 85.8 Å². The third-order valence-electron chi connectivity index (χ3n) is 10.1. The lowest BCUT2D eigenvalue weighted by Gasteiger charge is -2.54. The van der Waals surface area contributed by atoms with Gasteiger partial charge in [-0.3, -0.25) is 9.36 Å². The molecule has 0 radical (unpaired) electrons. The van der Waals surface area contributed by atoms with Gasteiger partial charge in [0.15, 0.2) is 25.3 Å². The molecule has 2 aliphatic carbocycles. The van der Waals surface area contributed by atoms with E-state index in [1.165, 1.54) is 25.6 Å². The predicted molar refractivity (Wildman–Crippen MR) is 144 cm³/mol. The molecule has 0 unspecified atom stereocenters. The average Bonchev–Trinajstić information content (AvgIpc) is 3.29. The molecule has 3 fully saturated rings. The highest BCUT2D eigenvalue weighted by Gasteiger charge is 2.62. The molecule has 0 bridgehead atoms. The number of carbonyl (C=O) groups excluding carboxylic acids is 1. The predicted octanol–water partition coefficient (Wildman–Crippen LogP) is 5.52. The van der Waals surface area contributed by atoms with Crippen molar-refractivity contribution in [2.24, 2.45) is 11.3 Å². The van der Waals surface area contributed by atoms with Crippen LogP contribution in [-0.4, -0.2) is 51.6 Å². The zero-order valence-corrected chi connectivity index (χ0v) is 24.8. The van der Waals surface area contributed by atoms with Crippen molar-refractivity contribution < 1.29 is 23.1 Å². The van der Waals surface area contributed by atoms with Crippen molar-refractivity contribution in [3.63, 3.8) is 0 Å². The van der Waals surface area contributed by atoms with Crippen LogP contribution in [0.25, 0.3) is 11.2 Å². The van der Waals surface area contributed by atoms with E-state index in [-0.39, 0.29) is 35.0 Å². The first-order valence-corrected chi connectivity index (χ1v) is 16.7. The van der Waals surface area contributed by atoms with Crippen LogP contribution in [0.2, 0.25) is 18.1 Å². The number of nitrogen functional groups attached to an aromatic ring is 1. The fraction of sp³-hybridized carbons (Fsp3) is 0.778. The molecule has 2 N–H and O–H groups in total. The number of aromatic nitrogens is 4. The van der Waals surface area contributed by atoms with E-state index in [0.29, 0.717) is 23.8 Å². The van der Waals surface area contributed by atoms with Crippen molar-refractivity contribution in [1.29, 1.82) is 0 Å². The lowest BCUT2D eigenvalue weighted by atomic mass is 9.52. The number of nitrogens with two attached hydrogens (primary N) is 1. The van der Waals surface area contributed by atoms with Crippen LogP contribution < -0.4 is 5.73 Å². The molecule has 3 aliphatic rings. The molecular formula is C27H42FN5O4Si. The Morgan fingerprint density at radius 1 is 1.26 bits per heavy atom. The summed E-state index contributed by atoms with van der Waals surface area (Å²) in [5.41, 5.74) is 4.95. The Labute approximate surface area is 225 Å². The van der Waals surface area contributed by atoms with Gasteiger partial charge in [-0.15, -0.1) is 0 Å². The quantitative estimate of drug-likeness (QED) is 0.274. The second-order valence-corrected chi connectivity index (χ2v) is 18.3. The van der Waals surface area contributed by atoms with Crippen LogP contribution in [0.5, 0.6) is 0 Å². The zero-order valence-electron chi connectivity index (χ0n) is 23.8. The van der Waals surface area contributed by atoms with Gasteiger partial charge in [-0.1, -0.05) is 34.1 Å². The van der Waals surface area contributed by atoms with Gasteiger partial charge in [-0.25, -0.2) is 4.98 Å². The van der Waals surface area contributed by atoms with E-state index in [0.717, 1.165) is 12.8 Å². The lowest BCUT2D eigenvalue weighted by molar-refractivity contribution is -0.202. The number of fused-ring (bicyclic) bond motifs is 1. The minimum Gasteiger partial charge on any atom is -0.456 e. The van der Waals surface area contributed by atoms with E-state index in [1.54, 1.807) is 4.57 Å². The molecular weight excluding hydrogens is 505 g/mol. The third kappa shape index (κ3) is 4.34. The number of rotatable bonds is 7. The van der Waals surface area contributed by atoms with Crippen molar-refractivity contribution in [2.45, 2.75) is 115 Å². The SMILES string of the molecule is CC[C@]1(OC(=O)C2CC3(CCC3)C2)C[C@H](n2cnc3c(N)nc(F)nc32)O[C@]1(C)CO[Si](C)(C)C(C)(C)C. The summed E-state index contributed by atoms with van der Waals surface area (Å²) in [5.74, 6) is -0.254. The molecule has 1 saturated heterocycles. The molecule has 11 heteroatoms. The van der Waals surface area contributed by atoms with Gasteiger partial charge in [0, 0.05) is 6.42 Å². The second kappa shape index (κ2) is 8.95. The van der Waals surface area contributed by atoms with Gasteiger partial charge in [0.25, 0.3) is 0 Å². The van der Waals surface area contributed by atoms with E-state index >= 15 is 0 Å². The van der Waals surface area contributed by atoms with Crippen LogP contribution in [0.15, 0.2) is 6.33 Å². The number of esters is 1. The van der Waals surface area contributed by atoms with Crippen LogP contribution in [0, 0.1) is 17.4 Å². The summed E-state index contributed by atoms with van der Waals surface area (Å²) in [6.07, 6.45) is 6.42. The first kappa shape index (κ1) is 27.5. The van der Waals surface area contributed by atoms with E-state index in [2.05, 4.69) is 48.8 Å². The van der Waals surface area contributed by atoms with E-state index in [9.17, 15) is 9.18 Å². The first-order chi connectivity index (χ1) is 17.6. The maximum Gasteiger partial charge on any atom is 0.312 e. The summed E-state index contributed by atoms with van der Waals surface area (Å²) in [5, 5.41) is 0.00244. The summed E-state index contributed by atoms with van der Waals surface area (Å²) in [4.78, 5) is 25.4. The van der Waals surface area contributed by atoms with Gasteiger partial charge < -0.3 is 19.6 Å². The van der Waals surface area contributed by atoms with Crippen LogP contribution in [0.3, 0.4) is 0 Å². The highest BCUT2D eigenvalue weighted by atomic mass is 28.4. The Morgan fingerprint density at radius 2 is 1.95 bits per heavy atom. The van der Waals surface area contributed by atoms with Gasteiger partial charge in [0.1, 0.15) is 17.4 Å². The number of hydrogen-bond acceptors (Lipinski definition) is 8. The summed E-state index contributed by atoms with van der Waals surface area (Å²) >= 11 is 0. The molecule has 1 aliphatic heterocycles. The van der Waals surface area contributed by atoms with E-state index in [1.807, 2.05) is 13.8 Å². The molecule has 0 aromatic carbocycles. The lowest BCUT2D eigenvalue weighted by Crippen LogP contribution is -2.58. The fourth-order valence-corrected chi connectivity index (χ4v) is 7.25. The van der Waals surface area contributed by atoms with Crippen LogP contribution >= 0.6 is 0 Å². The standard InChI is InChI=1S/C27H42FN5O4Si/c1-8-27(37-22(34)17-12-26(13-17)10-9-11-26)14-18(33-16-30-19-20(29)31-23(28)32-21(19)33)36-25(27,5)15-35-38(6,7)24(2,3)4/h16-18H,8-15H2,1-7H3,(H2,29,31,32)/t18-,25-,27+/m1/s1. The molecule has 2 saturated carbocycles. The number of hydrogen-bond donors (Lipinski definition) is 1. The topological polar surface area (TPSA) is 114 Å². The van der Waals surface area contributed by atoms with E-state index in [4.69, 9.17) is 19.6 Å². The molecule has 2 aromatic rings. The van der Waals surface area contributed by atoms with Crippen molar-refractivity contribution in [1.82, 2.24) is 19.5 Å². The molecule has 0 amide bonds. The number of anilines is 1. The van der Waals surface area contributed by atoms with Crippen LogP contribution in [-0.2, 0) is 18.7 Å². The Morgan fingerprint density at radius 3 is 2.53 bits per heavy atom. The Bertz CT molecular complexity index is 1230. The second-order valence-electron chi connectivity index (χ2n) is 13.5. The monoisotopic (exact) mass is 547 g/mol. The number of ether oxygens (including phenoxy) is 2. The Hall–Kier alpha value is -2.11. The summed E-state index contributed by atoms with van der Waals surface area (Å²) < 4.78 is 35.6. The molecule has 3 heterocycles. The highest BCUT2D eigenvalue weighted by molar-refractivity contribution is 6.74. The molecule has 9 nitrogen and oxygen atoms in total. The van der Waals surface area contributed by atoms with Gasteiger partial charge in [0.05, 0.1) is 18.9 Å². The van der Waals surface area contributed by atoms with Gasteiger partial charge in [-0.2, -0.15) is 14.4 Å². The largest absolute Gasteiger partial charge is 0.456 e. The van der Waals surface area contributed by atoms with Crippen molar-refractivity contribution in [3.8, 4) is 0 Å². The molecule has 1 spiro atoms. The first-order valence-electron chi connectivity index (χ1n) is 13.8. The summed E-state index contributed by atoms with van der Waals surface area (Å²) in [6, 6.07) is 0. The molecule has 5 rings (SSSR count). The maximum absolute atomic E-state index is 14.1. The normalized spacial score (nSPS) is 29.4. The third-order valence-corrected chi connectivity index (χ3v) is 14.6. The number of imidazole rings is 1. The smallest absolute Gasteiger partial charge is 0.312 e. The molecule has 3 atom stereocenters. The number of halogens is 1. The van der Waals surface area contributed by atoms with Gasteiger partial charge in [-0.05, 0) is 62.6 Å².